The molecule has 1 aliphatic rings. The molecule has 41 heavy (non-hydrogen) atoms. The van der Waals surface area contributed by atoms with Gasteiger partial charge in [-0.3, -0.25) is 4.79 Å². The predicted molar refractivity (Wildman–Crippen MR) is 158 cm³/mol. The number of carbonyl (C=O) groups is 1. The van der Waals surface area contributed by atoms with Gasteiger partial charge >= 0.3 is 5.97 Å². The molecule has 1 N–H and O–H groups in total. The fourth-order valence-corrected chi connectivity index (χ4v) is 6.71. The Hall–Kier alpha value is -3.56. The standard InChI is InChI=1S/C32H39NO7S/c1-3-10-24-22-27(40-26-12-6-5-7-13-26)15-17-30(24)38-20-9-21-39-31-18-16-28(23-25(31)11-4-2)41(36,37)33-19-8-14-29(33)32(34)35/h5-7,12-13,15-18,22-23,29H,3-4,8-11,14,19-21H2,1-2H3,(H,34,35)/t29-/m1/s1. The second-order valence-corrected chi connectivity index (χ2v) is 12.0. The summed E-state index contributed by atoms with van der Waals surface area (Å²) >= 11 is 0. The molecule has 1 aliphatic heterocycles. The summed E-state index contributed by atoms with van der Waals surface area (Å²) < 4.78 is 45.7. The number of nitrogens with zero attached hydrogens (tertiary/aromatic N) is 1. The van der Waals surface area contributed by atoms with Crippen LogP contribution >= 0.6 is 0 Å². The summed E-state index contributed by atoms with van der Waals surface area (Å²) in [5.41, 5.74) is 1.88. The maximum absolute atomic E-state index is 13.2. The van der Waals surface area contributed by atoms with Crippen LogP contribution in [0, 0.1) is 0 Å². The summed E-state index contributed by atoms with van der Waals surface area (Å²) in [6.45, 7) is 5.24. The first-order chi connectivity index (χ1) is 19.8. The Balaban J connectivity index is 1.35. The third kappa shape index (κ3) is 7.80. The molecule has 0 amide bonds. The second-order valence-electron chi connectivity index (χ2n) is 10.1. The van der Waals surface area contributed by atoms with Crippen molar-refractivity contribution in [1.29, 1.82) is 0 Å². The Bertz CT molecular complexity index is 1410. The molecule has 0 saturated carbocycles. The van der Waals surface area contributed by atoms with Gasteiger partial charge in [0.25, 0.3) is 0 Å². The number of hydrogen-bond donors (Lipinski definition) is 1. The Morgan fingerprint density at radius 1 is 0.878 bits per heavy atom. The molecule has 1 atom stereocenters. The molecule has 220 valence electrons. The van der Waals surface area contributed by atoms with Gasteiger partial charge in [-0.15, -0.1) is 0 Å². The lowest BCUT2D eigenvalue weighted by molar-refractivity contribution is -0.140. The number of carboxylic acids is 1. The first-order valence-corrected chi connectivity index (χ1v) is 15.8. The summed E-state index contributed by atoms with van der Waals surface area (Å²) in [5.74, 6) is 1.91. The summed E-state index contributed by atoms with van der Waals surface area (Å²) in [5, 5.41) is 9.46. The van der Waals surface area contributed by atoms with E-state index < -0.39 is 22.0 Å². The van der Waals surface area contributed by atoms with E-state index in [9.17, 15) is 18.3 Å². The maximum Gasteiger partial charge on any atom is 0.322 e. The average Bonchev–Trinajstić information content (AvgIpc) is 3.47. The second kappa shape index (κ2) is 14.4. The highest BCUT2D eigenvalue weighted by molar-refractivity contribution is 7.89. The van der Waals surface area contributed by atoms with Crippen LogP contribution in [0.25, 0.3) is 0 Å². The van der Waals surface area contributed by atoms with Crippen LogP contribution in [-0.2, 0) is 27.7 Å². The minimum atomic E-state index is -3.91. The summed E-state index contributed by atoms with van der Waals surface area (Å²) in [6.07, 6.45) is 4.82. The largest absolute Gasteiger partial charge is 0.493 e. The molecule has 0 bridgehead atoms. The van der Waals surface area contributed by atoms with Crippen molar-refractivity contribution in [3.63, 3.8) is 0 Å². The Morgan fingerprint density at radius 3 is 2.15 bits per heavy atom. The van der Waals surface area contributed by atoms with Gasteiger partial charge in [-0.2, -0.15) is 4.31 Å². The molecule has 4 rings (SSSR count). The minimum absolute atomic E-state index is 0.105. The molecule has 1 heterocycles. The van der Waals surface area contributed by atoms with Crippen molar-refractivity contribution < 1.29 is 32.5 Å². The molecule has 9 heteroatoms. The van der Waals surface area contributed by atoms with E-state index in [2.05, 4.69) is 6.92 Å². The zero-order chi connectivity index (χ0) is 29.2. The summed E-state index contributed by atoms with van der Waals surface area (Å²) in [7, 11) is -3.91. The van der Waals surface area contributed by atoms with E-state index in [1.54, 1.807) is 12.1 Å². The first-order valence-electron chi connectivity index (χ1n) is 14.3. The molecule has 0 aromatic heterocycles. The number of benzene rings is 3. The molecular formula is C32H39NO7S. The van der Waals surface area contributed by atoms with E-state index in [0.717, 1.165) is 51.9 Å². The van der Waals surface area contributed by atoms with Gasteiger partial charge in [0.15, 0.2) is 0 Å². The number of ether oxygens (including phenoxy) is 3. The fraction of sp³-hybridized carbons (Fsp3) is 0.406. The average molecular weight is 582 g/mol. The van der Waals surface area contributed by atoms with Crippen LogP contribution in [0.1, 0.15) is 57.1 Å². The molecule has 3 aromatic rings. The van der Waals surface area contributed by atoms with Crippen LogP contribution in [0.5, 0.6) is 23.0 Å². The molecular weight excluding hydrogens is 542 g/mol. The minimum Gasteiger partial charge on any atom is -0.493 e. The highest BCUT2D eigenvalue weighted by Gasteiger charge is 2.39. The monoisotopic (exact) mass is 581 g/mol. The van der Waals surface area contributed by atoms with Gasteiger partial charge in [-0.25, -0.2) is 8.42 Å². The van der Waals surface area contributed by atoms with Gasteiger partial charge in [0.05, 0.1) is 18.1 Å². The van der Waals surface area contributed by atoms with Gasteiger partial charge < -0.3 is 19.3 Å². The van der Waals surface area contributed by atoms with Crippen LogP contribution in [-0.4, -0.2) is 49.6 Å². The van der Waals surface area contributed by atoms with Crippen LogP contribution < -0.4 is 14.2 Å². The topological polar surface area (TPSA) is 102 Å². The van der Waals surface area contributed by atoms with Crippen LogP contribution in [0.4, 0.5) is 0 Å². The number of para-hydroxylation sites is 1. The fourth-order valence-electron chi connectivity index (χ4n) is 5.00. The van der Waals surface area contributed by atoms with Crippen LogP contribution in [0.2, 0.25) is 0 Å². The molecule has 0 aliphatic carbocycles. The number of hydrogen-bond acceptors (Lipinski definition) is 6. The Kier molecular flexibility index (Phi) is 10.7. The molecule has 0 radical (unpaired) electrons. The van der Waals surface area contributed by atoms with Crippen LogP contribution in [0.15, 0.2) is 71.6 Å². The van der Waals surface area contributed by atoms with E-state index in [0.29, 0.717) is 44.6 Å². The highest BCUT2D eigenvalue weighted by Crippen LogP contribution is 2.31. The predicted octanol–water partition coefficient (Wildman–Crippen LogP) is 6.47. The van der Waals surface area contributed by atoms with Gasteiger partial charge in [0.1, 0.15) is 29.0 Å². The van der Waals surface area contributed by atoms with Gasteiger partial charge in [0.2, 0.25) is 10.0 Å². The third-order valence-corrected chi connectivity index (χ3v) is 8.88. The molecule has 0 spiro atoms. The van der Waals surface area contributed by atoms with Crippen molar-refractivity contribution in [1.82, 2.24) is 4.31 Å². The number of sulfonamides is 1. The van der Waals surface area contributed by atoms with E-state index in [4.69, 9.17) is 14.2 Å². The highest BCUT2D eigenvalue weighted by atomic mass is 32.2. The Morgan fingerprint density at radius 2 is 1.51 bits per heavy atom. The van der Waals surface area contributed by atoms with Crippen molar-refractivity contribution in [2.24, 2.45) is 0 Å². The lowest BCUT2D eigenvalue weighted by atomic mass is 10.1. The van der Waals surface area contributed by atoms with E-state index in [-0.39, 0.29) is 11.4 Å². The number of rotatable bonds is 15. The smallest absolute Gasteiger partial charge is 0.322 e. The SMILES string of the molecule is CCCc1cc(Oc2ccccc2)ccc1OCCCOc1ccc(S(=O)(=O)N2CCC[C@@H]2C(=O)O)cc1CCC. The van der Waals surface area contributed by atoms with E-state index in [1.807, 2.05) is 55.5 Å². The zero-order valence-corrected chi connectivity index (χ0v) is 24.6. The lowest BCUT2D eigenvalue weighted by Crippen LogP contribution is -2.40. The first kappa shape index (κ1) is 30.4. The zero-order valence-electron chi connectivity index (χ0n) is 23.8. The van der Waals surface area contributed by atoms with Gasteiger partial charge in [0, 0.05) is 13.0 Å². The lowest BCUT2D eigenvalue weighted by Gasteiger charge is -2.22. The number of aliphatic carboxylic acids is 1. The number of carboxylic acid groups (broad SMARTS) is 1. The summed E-state index contributed by atoms with van der Waals surface area (Å²) in [6, 6.07) is 19.3. The van der Waals surface area contributed by atoms with Crippen molar-refractivity contribution in [3.05, 3.63) is 77.9 Å². The molecule has 0 unspecified atom stereocenters. The van der Waals surface area contributed by atoms with Crippen molar-refractivity contribution >= 4 is 16.0 Å². The number of aryl methyl sites for hydroxylation is 2. The van der Waals surface area contributed by atoms with E-state index in [1.165, 1.54) is 6.07 Å². The molecule has 8 nitrogen and oxygen atoms in total. The summed E-state index contributed by atoms with van der Waals surface area (Å²) in [4.78, 5) is 11.7. The van der Waals surface area contributed by atoms with E-state index >= 15 is 0 Å². The van der Waals surface area contributed by atoms with Gasteiger partial charge in [-0.05, 0) is 85.3 Å². The maximum atomic E-state index is 13.2. The quantitative estimate of drug-likeness (QED) is 0.205. The molecule has 1 fully saturated rings. The molecule has 1 saturated heterocycles. The third-order valence-electron chi connectivity index (χ3n) is 6.98. The normalized spacial score (nSPS) is 15.5. The van der Waals surface area contributed by atoms with Crippen molar-refractivity contribution in [3.8, 4) is 23.0 Å². The molecule has 3 aromatic carbocycles. The van der Waals surface area contributed by atoms with Crippen molar-refractivity contribution in [2.75, 3.05) is 19.8 Å². The van der Waals surface area contributed by atoms with Gasteiger partial charge in [-0.1, -0.05) is 44.9 Å². The van der Waals surface area contributed by atoms with Crippen molar-refractivity contribution in [2.45, 2.75) is 69.7 Å². The van der Waals surface area contributed by atoms with Crippen LogP contribution in [0.3, 0.4) is 0 Å². The Labute approximate surface area is 242 Å².